The van der Waals surface area contributed by atoms with Crippen molar-refractivity contribution in [1.29, 1.82) is 0 Å². The zero-order valence-electron chi connectivity index (χ0n) is 15.8. The predicted molar refractivity (Wildman–Crippen MR) is 114 cm³/mol. The van der Waals surface area contributed by atoms with E-state index in [-0.39, 0.29) is 21.0 Å². The van der Waals surface area contributed by atoms with Crippen molar-refractivity contribution < 1.29 is 19.2 Å². The van der Waals surface area contributed by atoms with Gasteiger partial charge in [0.05, 0.1) is 28.3 Å². The molecule has 30 heavy (non-hydrogen) atoms. The number of methoxy groups -OCH3 is 2. The van der Waals surface area contributed by atoms with Gasteiger partial charge in [0.15, 0.2) is 5.78 Å². The maximum Gasteiger partial charge on any atom is 0.270 e. The molecule has 0 aliphatic carbocycles. The third kappa shape index (κ3) is 4.76. The van der Waals surface area contributed by atoms with Gasteiger partial charge in [-0.05, 0) is 24.3 Å². The van der Waals surface area contributed by atoms with Gasteiger partial charge in [-0.2, -0.15) is 0 Å². The van der Waals surface area contributed by atoms with Crippen LogP contribution in [0, 0.1) is 10.1 Å². The van der Waals surface area contributed by atoms with Crippen LogP contribution in [0.3, 0.4) is 0 Å². The number of aromatic amines is 1. The van der Waals surface area contributed by atoms with Crippen LogP contribution < -0.4 is 24.2 Å². The van der Waals surface area contributed by atoms with Crippen LogP contribution >= 0.6 is 22.9 Å². The summed E-state index contributed by atoms with van der Waals surface area (Å²) in [6.07, 6.45) is 2.72. The highest BCUT2D eigenvalue weighted by Gasteiger charge is 2.10. The molecule has 154 valence electrons. The molecule has 0 bridgehead atoms. The van der Waals surface area contributed by atoms with Crippen molar-refractivity contribution in [3.63, 3.8) is 0 Å². The second-order valence-corrected chi connectivity index (χ2v) is 7.49. The van der Waals surface area contributed by atoms with Gasteiger partial charge in [-0.15, -0.1) is 11.3 Å². The summed E-state index contributed by atoms with van der Waals surface area (Å²) < 4.78 is 10.9. The Kier molecular flexibility index (Phi) is 6.34. The van der Waals surface area contributed by atoms with Crippen molar-refractivity contribution in [1.82, 2.24) is 4.98 Å². The van der Waals surface area contributed by atoms with Crippen molar-refractivity contribution in [3.8, 4) is 11.5 Å². The highest BCUT2D eigenvalue weighted by Crippen LogP contribution is 2.23. The first-order valence-corrected chi connectivity index (χ1v) is 9.64. The number of nitrogens with one attached hydrogen (secondary N) is 1. The summed E-state index contributed by atoms with van der Waals surface area (Å²) in [6, 6.07) is 8.70. The zero-order chi connectivity index (χ0) is 21.8. The van der Waals surface area contributed by atoms with Gasteiger partial charge in [-0.3, -0.25) is 19.7 Å². The molecule has 2 aromatic carbocycles. The number of ether oxygens (including phenoxy) is 2. The molecule has 10 heteroatoms. The van der Waals surface area contributed by atoms with E-state index in [1.165, 1.54) is 44.6 Å². The summed E-state index contributed by atoms with van der Waals surface area (Å²) in [5.41, 5.74) is 0.0683. The number of nitrogens with zero attached hydrogens (tertiary/aromatic N) is 1. The van der Waals surface area contributed by atoms with E-state index in [2.05, 4.69) is 4.98 Å². The molecule has 0 saturated heterocycles. The number of H-pyrrole nitrogens is 1. The van der Waals surface area contributed by atoms with E-state index in [1.54, 1.807) is 18.2 Å². The van der Waals surface area contributed by atoms with Crippen LogP contribution in [-0.4, -0.2) is 29.9 Å². The Bertz CT molecular complexity index is 1290. The molecular formula is C20H15ClN2O6S. The van der Waals surface area contributed by atoms with Gasteiger partial charge in [0.25, 0.3) is 11.2 Å². The maximum absolute atomic E-state index is 12.6. The standard InChI is InChI=1S/C20H15ClN2O6S/c1-28-14-6-12(7-15(9-14)29-2)17(24)10-19-22-20(25)18(30-19)8-11-5-13(23(26)27)3-4-16(11)21/h3-10H,1-2H3,(H,22,25). The lowest BCUT2D eigenvalue weighted by atomic mass is 10.1. The van der Waals surface area contributed by atoms with Gasteiger partial charge in [0.1, 0.15) is 11.5 Å². The molecule has 0 aliphatic heterocycles. The van der Waals surface area contributed by atoms with Crippen LogP contribution in [0.5, 0.6) is 11.5 Å². The number of nitro benzene ring substituents is 1. The molecule has 3 rings (SSSR count). The Morgan fingerprint density at radius 3 is 2.43 bits per heavy atom. The fourth-order valence-electron chi connectivity index (χ4n) is 2.57. The maximum atomic E-state index is 12.6. The number of aromatic nitrogens is 1. The first-order chi connectivity index (χ1) is 14.3. The summed E-state index contributed by atoms with van der Waals surface area (Å²) in [7, 11) is 2.95. The van der Waals surface area contributed by atoms with Gasteiger partial charge >= 0.3 is 0 Å². The number of benzene rings is 2. The van der Waals surface area contributed by atoms with E-state index >= 15 is 0 Å². The second kappa shape index (κ2) is 8.93. The van der Waals surface area contributed by atoms with Gasteiger partial charge in [-0.25, -0.2) is 0 Å². The summed E-state index contributed by atoms with van der Waals surface area (Å²) in [6.45, 7) is 0. The van der Waals surface area contributed by atoms with Crippen molar-refractivity contribution in [3.05, 3.63) is 82.2 Å². The number of hydrogen-bond donors (Lipinski definition) is 1. The number of non-ortho nitro benzene ring substituents is 1. The number of Topliss-reactive ketones (excluding diaryl/α,β-unsaturated/α-hetero) is 1. The van der Waals surface area contributed by atoms with E-state index < -0.39 is 10.5 Å². The fourth-order valence-corrected chi connectivity index (χ4v) is 3.62. The monoisotopic (exact) mass is 446 g/mol. The average Bonchev–Trinajstić information content (AvgIpc) is 3.07. The van der Waals surface area contributed by atoms with Crippen LogP contribution in [0.25, 0.3) is 12.2 Å². The Hall–Kier alpha value is -3.43. The third-order valence-electron chi connectivity index (χ3n) is 4.06. The van der Waals surface area contributed by atoms with E-state index in [9.17, 15) is 19.7 Å². The molecule has 0 amide bonds. The van der Waals surface area contributed by atoms with Crippen molar-refractivity contribution >= 4 is 46.6 Å². The topological polar surface area (TPSA) is 112 Å². The normalized spacial score (nSPS) is 12.1. The number of nitro groups is 1. The Balaban J connectivity index is 2.03. The molecule has 3 aromatic rings. The Morgan fingerprint density at radius 1 is 1.17 bits per heavy atom. The van der Waals surface area contributed by atoms with Crippen LogP contribution in [0.4, 0.5) is 5.69 Å². The number of thiazole rings is 1. The minimum atomic E-state index is -0.549. The largest absolute Gasteiger partial charge is 0.497 e. The molecule has 0 unspecified atom stereocenters. The molecule has 1 aromatic heterocycles. The minimum Gasteiger partial charge on any atom is -0.497 e. The fraction of sp³-hybridized carbons (Fsp3) is 0.100. The van der Waals surface area contributed by atoms with Crippen molar-refractivity contribution in [2.45, 2.75) is 0 Å². The first kappa shape index (κ1) is 21.3. The van der Waals surface area contributed by atoms with E-state index in [0.29, 0.717) is 27.3 Å². The van der Waals surface area contributed by atoms with Gasteiger partial charge in [0, 0.05) is 40.4 Å². The number of halogens is 1. The number of carbonyl (C=O) groups is 1. The summed E-state index contributed by atoms with van der Waals surface area (Å²) in [4.78, 5) is 37.9. The Labute approximate surface area is 178 Å². The molecule has 0 spiro atoms. The predicted octanol–water partition coefficient (Wildman–Crippen LogP) is 2.51. The highest BCUT2D eigenvalue weighted by atomic mass is 35.5. The molecule has 1 N–H and O–H groups in total. The molecule has 8 nitrogen and oxygen atoms in total. The lowest BCUT2D eigenvalue weighted by Gasteiger charge is -2.06. The Morgan fingerprint density at radius 2 is 1.83 bits per heavy atom. The molecule has 0 atom stereocenters. The summed E-state index contributed by atoms with van der Waals surface area (Å²) in [5, 5.41) is 11.2. The third-order valence-corrected chi connectivity index (χ3v) is 5.36. The lowest BCUT2D eigenvalue weighted by molar-refractivity contribution is -0.384. The van der Waals surface area contributed by atoms with E-state index in [4.69, 9.17) is 21.1 Å². The lowest BCUT2D eigenvalue weighted by Crippen LogP contribution is -2.20. The number of ketones is 1. The first-order valence-electron chi connectivity index (χ1n) is 8.44. The van der Waals surface area contributed by atoms with Crippen molar-refractivity contribution in [2.75, 3.05) is 14.2 Å². The molecule has 0 fully saturated rings. The van der Waals surface area contributed by atoms with E-state index in [1.807, 2.05) is 0 Å². The smallest absolute Gasteiger partial charge is 0.270 e. The van der Waals surface area contributed by atoms with Gasteiger partial charge < -0.3 is 14.5 Å². The molecule has 0 aliphatic rings. The molecule has 0 radical (unpaired) electrons. The second-order valence-electron chi connectivity index (χ2n) is 6.00. The molecular weight excluding hydrogens is 432 g/mol. The quantitative estimate of drug-likeness (QED) is 0.354. The van der Waals surface area contributed by atoms with Crippen molar-refractivity contribution in [2.24, 2.45) is 0 Å². The zero-order valence-corrected chi connectivity index (χ0v) is 17.4. The average molecular weight is 447 g/mol. The number of rotatable bonds is 6. The van der Waals surface area contributed by atoms with E-state index in [0.717, 1.165) is 11.3 Å². The SMILES string of the molecule is COc1cc(OC)cc(C(=O)C=c2[nH]c(=O)c(=Cc3cc([N+](=O)[O-])ccc3Cl)s2)c1. The molecule has 1 heterocycles. The van der Waals surface area contributed by atoms with Crippen LogP contribution in [0.2, 0.25) is 5.02 Å². The van der Waals surface area contributed by atoms with Gasteiger partial charge in [0.2, 0.25) is 0 Å². The summed E-state index contributed by atoms with van der Waals surface area (Å²) in [5.74, 6) is 0.560. The minimum absolute atomic E-state index is 0.146. The van der Waals surface area contributed by atoms with Crippen LogP contribution in [0.15, 0.2) is 41.2 Å². The number of hydrogen-bond acceptors (Lipinski definition) is 7. The van der Waals surface area contributed by atoms with Crippen LogP contribution in [-0.2, 0) is 0 Å². The highest BCUT2D eigenvalue weighted by molar-refractivity contribution is 7.07. The number of carbonyl (C=O) groups excluding carboxylic acids is 1. The van der Waals surface area contributed by atoms with Gasteiger partial charge in [-0.1, -0.05) is 11.6 Å². The summed E-state index contributed by atoms with van der Waals surface area (Å²) >= 11 is 7.11. The molecule has 0 saturated carbocycles. The van der Waals surface area contributed by atoms with Crippen LogP contribution in [0.1, 0.15) is 15.9 Å².